The fourth-order valence-corrected chi connectivity index (χ4v) is 3.81. The molecule has 0 aliphatic carbocycles. The zero-order valence-corrected chi connectivity index (χ0v) is 18.9. The van der Waals surface area contributed by atoms with Crippen molar-refractivity contribution in [2.45, 2.75) is 118 Å². The van der Waals surface area contributed by atoms with Crippen LogP contribution in [0.1, 0.15) is 112 Å². The molecule has 0 amide bonds. The first kappa shape index (κ1) is 25.7. The molecule has 0 aromatic rings. The van der Waals surface area contributed by atoms with Crippen molar-refractivity contribution < 1.29 is 0 Å². The predicted octanol–water partition coefficient (Wildman–Crippen LogP) is 7.25. The topological polar surface area (TPSA) is 6.48 Å². The molecule has 0 aliphatic heterocycles. The van der Waals surface area contributed by atoms with Crippen LogP contribution in [-0.2, 0) is 0 Å². The van der Waals surface area contributed by atoms with Gasteiger partial charge in [-0.05, 0) is 64.7 Å². The van der Waals surface area contributed by atoms with Crippen molar-refractivity contribution in [2.75, 3.05) is 26.2 Å². The van der Waals surface area contributed by atoms with Crippen LogP contribution < -0.4 is 0 Å². The molecule has 0 saturated carbocycles. The van der Waals surface area contributed by atoms with Crippen molar-refractivity contribution in [2.24, 2.45) is 0 Å². The molecule has 0 heterocycles. The van der Waals surface area contributed by atoms with Gasteiger partial charge in [-0.3, -0.25) is 9.80 Å². The van der Waals surface area contributed by atoms with E-state index in [1.165, 1.54) is 103 Å². The molecule has 156 valence electrons. The average Bonchev–Trinajstić information content (AvgIpc) is 2.63. The standard InChI is InChI=1S/C24H50N2/c1-6-11-12-13-14-15-16-17-18-19-24(25(20-7-2)21-8-3)26(22-9-4)23-10-5/h18-19,24H,6-17,20-23H2,1-5H3. The zero-order valence-electron chi connectivity index (χ0n) is 18.9. The van der Waals surface area contributed by atoms with E-state index in [0.29, 0.717) is 6.17 Å². The van der Waals surface area contributed by atoms with Crippen LogP contribution in [-0.4, -0.2) is 42.1 Å². The zero-order chi connectivity index (χ0) is 19.5. The molecular formula is C24H50N2. The summed E-state index contributed by atoms with van der Waals surface area (Å²) in [4.78, 5) is 5.40. The van der Waals surface area contributed by atoms with E-state index < -0.39 is 0 Å². The maximum Gasteiger partial charge on any atom is 0.0814 e. The first-order chi connectivity index (χ1) is 12.7. The van der Waals surface area contributed by atoms with Crippen molar-refractivity contribution in [3.05, 3.63) is 12.2 Å². The van der Waals surface area contributed by atoms with Crippen LogP contribution in [0.2, 0.25) is 0 Å². The second kappa shape index (κ2) is 19.4. The first-order valence-corrected chi connectivity index (χ1v) is 11.9. The van der Waals surface area contributed by atoms with Crippen LogP contribution in [0.25, 0.3) is 0 Å². The fraction of sp³-hybridized carbons (Fsp3) is 0.917. The molecule has 0 aromatic heterocycles. The summed E-state index contributed by atoms with van der Waals surface area (Å²) >= 11 is 0. The lowest BCUT2D eigenvalue weighted by Gasteiger charge is -2.38. The van der Waals surface area contributed by atoms with Crippen LogP contribution in [0.3, 0.4) is 0 Å². The van der Waals surface area contributed by atoms with Gasteiger partial charge in [-0.2, -0.15) is 0 Å². The minimum absolute atomic E-state index is 0.499. The summed E-state index contributed by atoms with van der Waals surface area (Å²) in [6, 6.07) is 0. The molecule has 0 N–H and O–H groups in total. The molecule has 0 saturated heterocycles. The average molecular weight is 367 g/mol. The molecule has 0 unspecified atom stereocenters. The molecule has 0 bridgehead atoms. The molecule has 0 spiro atoms. The number of allylic oxidation sites excluding steroid dienone is 1. The molecule has 2 heteroatoms. The fourth-order valence-electron chi connectivity index (χ4n) is 3.81. The normalized spacial score (nSPS) is 12.3. The van der Waals surface area contributed by atoms with E-state index in [2.05, 4.69) is 56.6 Å². The minimum atomic E-state index is 0.499. The molecular weight excluding hydrogens is 316 g/mol. The Morgan fingerprint density at radius 1 is 0.538 bits per heavy atom. The summed E-state index contributed by atoms with van der Waals surface area (Å²) in [6.07, 6.45) is 21.5. The van der Waals surface area contributed by atoms with Crippen LogP contribution >= 0.6 is 0 Å². The Bertz CT molecular complexity index is 273. The minimum Gasteiger partial charge on any atom is -0.285 e. The highest BCUT2D eigenvalue weighted by molar-refractivity contribution is 4.94. The van der Waals surface area contributed by atoms with Crippen LogP contribution in [0.15, 0.2) is 12.2 Å². The SMILES string of the molecule is CCCCCCCCCC=CC(N(CCC)CCC)N(CCC)CCC. The van der Waals surface area contributed by atoms with Gasteiger partial charge < -0.3 is 0 Å². The Labute approximate surface area is 166 Å². The maximum absolute atomic E-state index is 2.70. The van der Waals surface area contributed by atoms with E-state index >= 15 is 0 Å². The lowest BCUT2D eigenvalue weighted by molar-refractivity contribution is 0.0743. The van der Waals surface area contributed by atoms with E-state index in [1.807, 2.05) is 0 Å². The maximum atomic E-state index is 2.70. The Balaban J connectivity index is 4.56. The van der Waals surface area contributed by atoms with Crippen molar-refractivity contribution >= 4 is 0 Å². The van der Waals surface area contributed by atoms with Gasteiger partial charge >= 0.3 is 0 Å². The predicted molar refractivity (Wildman–Crippen MR) is 120 cm³/mol. The van der Waals surface area contributed by atoms with Crippen molar-refractivity contribution in [1.82, 2.24) is 9.80 Å². The summed E-state index contributed by atoms with van der Waals surface area (Å²) in [6.45, 7) is 16.4. The van der Waals surface area contributed by atoms with E-state index in [9.17, 15) is 0 Å². The molecule has 0 radical (unpaired) electrons. The van der Waals surface area contributed by atoms with Crippen molar-refractivity contribution in [3.8, 4) is 0 Å². The van der Waals surface area contributed by atoms with E-state index in [0.717, 1.165) is 0 Å². The van der Waals surface area contributed by atoms with Crippen LogP contribution in [0.4, 0.5) is 0 Å². The first-order valence-electron chi connectivity index (χ1n) is 11.9. The summed E-state index contributed by atoms with van der Waals surface area (Å²) in [5, 5.41) is 0. The Kier molecular flexibility index (Phi) is 19.2. The van der Waals surface area contributed by atoms with E-state index in [1.54, 1.807) is 0 Å². The molecule has 0 aromatic carbocycles. The lowest BCUT2D eigenvalue weighted by atomic mass is 10.1. The largest absolute Gasteiger partial charge is 0.285 e. The van der Waals surface area contributed by atoms with Gasteiger partial charge in [-0.1, -0.05) is 85.3 Å². The second-order valence-electron chi connectivity index (χ2n) is 7.82. The van der Waals surface area contributed by atoms with Crippen LogP contribution in [0.5, 0.6) is 0 Å². The molecule has 0 rings (SSSR count). The third-order valence-electron chi connectivity index (χ3n) is 5.07. The third kappa shape index (κ3) is 12.9. The monoisotopic (exact) mass is 366 g/mol. The van der Waals surface area contributed by atoms with Gasteiger partial charge in [0.05, 0.1) is 6.17 Å². The smallest absolute Gasteiger partial charge is 0.0814 e. The van der Waals surface area contributed by atoms with Crippen molar-refractivity contribution in [1.29, 1.82) is 0 Å². The Morgan fingerprint density at radius 2 is 0.962 bits per heavy atom. The summed E-state index contributed by atoms with van der Waals surface area (Å²) in [5.74, 6) is 0. The summed E-state index contributed by atoms with van der Waals surface area (Å²) < 4.78 is 0. The second-order valence-corrected chi connectivity index (χ2v) is 7.82. The molecule has 26 heavy (non-hydrogen) atoms. The van der Waals surface area contributed by atoms with Gasteiger partial charge in [0, 0.05) is 0 Å². The Morgan fingerprint density at radius 3 is 1.38 bits per heavy atom. The van der Waals surface area contributed by atoms with Gasteiger partial charge in [-0.15, -0.1) is 0 Å². The summed E-state index contributed by atoms with van der Waals surface area (Å²) in [7, 11) is 0. The third-order valence-corrected chi connectivity index (χ3v) is 5.07. The number of hydrogen-bond donors (Lipinski definition) is 0. The van der Waals surface area contributed by atoms with Crippen molar-refractivity contribution in [3.63, 3.8) is 0 Å². The molecule has 0 aliphatic rings. The molecule has 2 nitrogen and oxygen atoms in total. The van der Waals surface area contributed by atoms with Gasteiger partial charge in [0.15, 0.2) is 0 Å². The lowest BCUT2D eigenvalue weighted by Crippen LogP contribution is -2.48. The number of unbranched alkanes of at least 4 members (excludes halogenated alkanes) is 7. The molecule has 0 atom stereocenters. The molecule has 0 fully saturated rings. The van der Waals surface area contributed by atoms with Gasteiger partial charge in [0.2, 0.25) is 0 Å². The van der Waals surface area contributed by atoms with Gasteiger partial charge in [0.25, 0.3) is 0 Å². The highest BCUT2D eigenvalue weighted by Crippen LogP contribution is 2.14. The number of rotatable bonds is 19. The number of hydrogen-bond acceptors (Lipinski definition) is 2. The van der Waals surface area contributed by atoms with Crippen LogP contribution in [0, 0.1) is 0 Å². The van der Waals surface area contributed by atoms with E-state index in [4.69, 9.17) is 0 Å². The highest BCUT2D eigenvalue weighted by Gasteiger charge is 2.20. The van der Waals surface area contributed by atoms with Gasteiger partial charge in [-0.25, -0.2) is 0 Å². The number of nitrogens with zero attached hydrogens (tertiary/aromatic N) is 2. The Hall–Kier alpha value is -0.340. The van der Waals surface area contributed by atoms with E-state index in [-0.39, 0.29) is 0 Å². The highest BCUT2D eigenvalue weighted by atomic mass is 15.3. The quantitative estimate of drug-likeness (QED) is 0.135. The summed E-state index contributed by atoms with van der Waals surface area (Å²) in [5.41, 5.74) is 0. The van der Waals surface area contributed by atoms with Gasteiger partial charge in [0.1, 0.15) is 0 Å².